The van der Waals surface area contributed by atoms with Crippen LogP contribution >= 0.6 is 24.0 Å². The van der Waals surface area contributed by atoms with Gasteiger partial charge < -0.3 is 20.2 Å². The third kappa shape index (κ3) is 5.70. The van der Waals surface area contributed by atoms with Crippen LogP contribution in [-0.4, -0.2) is 71.6 Å². The van der Waals surface area contributed by atoms with E-state index in [1.807, 2.05) is 16.7 Å². The zero-order valence-electron chi connectivity index (χ0n) is 15.3. The summed E-state index contributed by atoms with van der Waals surface area (Å²) in [7, 11) is 0. The van der Waals surface area contributed by atoms with Crippen LogP contribution in [0.2, 0.25) is 0 Å². The van der Waals surface area contributed by atoms with Gasteiger partial charge in [-0.3, -0.25) is 9.79 Å². The topological polar surface area (TPSA) is 68.2 Å². The summed E-state index contributed by atoms with van der Waals surface area (Å²) >= 11 is 0. The monoisotopic (exact) mass is 464 g/mol. The van der Waals surface area contributed by atoms with Crippen molar-refractivity contribution in [1.29, 1.82) is 0 Å². The van der Waals surface area contributed by atoms with E-state index in [1.54, 1.807) is 0 Å². The number of carbonyl (C=O) groups excluding carboxylic acids is 1. The lowest BCUT2D eigenvalue weighted by molar-refractivity contribution is -0.135. The van der Waals surface area contributed by atoms with Gasteiger partial charge in [-0.15, -0.1) is 24.0 Å². The molecule has 0 bridgehead atoms. The van der Waals surface area contributed by atoms with Gasteiger partial charge in [-0.25, -0.2) is 0 Å². The smallest absolute Gasteiger partial charge is 0.242 e. The average molecular weight is 464 g/mol. The number of amides is 1. The summed E-state index contributed by atoms with van der Waals surface area (Å²) in [4.78, 5) is 21.0. The van der Waals surface area contributed by atoms with E-state index in [4.69, 9.17) is 0 Å². The standard InChI is InChI=1S/C18H32N4O2.HI/c1-2-19-18(20-12-16(23)14-6-4-3-5-7-14)21-10-11-22(15-8-9-15)17(24)13-21;/h14-16,23H,2-13H2,1H3,(H,19,20);1H. The van der Waals surface area contributed by atoms with E-state index in [2.05, 4.69) is 10.3 Å². The molecule has 2 N–H and O–H groups in total. The molecule has 144 valence electrons. The van der Waals surface area contributed by atoms with Crippen molar-refractivity contribution in [2.45, 2.75) is 64.0 Å². The molecule has 0 aromatic rings. The Bertz CT molecular complexity index is 464. The first-order valence-corrected chi connectivity index (χ1v) is 9.70. The van der Waals surface area contributed by atoms with Gasteiger partial charge in [-0.1, -0.05) is 19.3 Å². The molecular weight excluding hydrogens is 431 g/mol. The predicted molar refractivity (Wildman–Crippen MR) is 110 cm³/mol. The van der Waals surface area contributed by atoms with Crippen molar-refractivity contribution in [3.8, 4) is 0 Å². The Kier molecular flexibility index (Phi) is 8.25. The number of aliphatic hydroxyl groups excluding tert-OH is 1. The Morgan fingerprint density at radius 3 is 2.56 bits per heavy atom. The summed E-state index contributed by atoms with van der Waals surface area (Å²) in [6, 6.07) is 0.493. The summed E-state index contributed by atoms with van der Waals surface area (Å²) in [5, 5.41) is 13.7. The molecule has 0 spiro atoms. The van der Waals surface area contributed by atoms with Gasteiger partial charge in [0.15, 0.2) is 5.96 Å². The van der Waals surface area contributed by atoms with Gasteiger partial charge in [0.25, 0.3) is 0 Å². The lowest BCUT2D eigenvalue weighted by Gasteiger charge is -2.36. The highest BCUT2D eigenvalue weighted by Gasteiger charge is 2.36. The molecule has 1 saturated heterocycles. The number of hydrogen-bond acceptors (Lipinski definition) is 3. The maximum atomic E-state index is 12.3. The summed E-state index contributed by atoms with van der Waals surface area (Å²) in [5.41, 5.74) is 0. The van der Waals surface area contributed by atoms with Gasteiger partial charge in [0, 0.05) is 25.7 Å². The molecule has 3 fully saturated rings. The Hall–Kier alpha value is -0.570. The van der Waals surface area contributed by atoms with Crippen molar-refractivity contribution in [2.24, 2.45) is 10.9 Å². The summed E-state index contributed by atoms with van der Waals surface area (Å²) < 4.78 is 0. The lowest BCUT2D eigenvalue weighted by atomic mass is 9.85. The number of aliphatic hydroxyl groups is 1. The van der Waals surface area contributed by atoms with Gasteiger partial charge in [0.05, 0.1) is 19.2 Å². The second-order valence-corrected chi connectivity index (χ2v) is 7.40. The number of piperazine rings is 1. The molecule has 25 heavy (non-hydrogen) atoms. The average Bonchev–Trinajstić information content (AvgIpc) is 3.44. The minimum absolute atomic E-state index is 0. The third-order valence-corrected chi connectivity index (χ3v) is 5.50. The zero-order chi connectivity index (χ0) is 16.9. The first-order chi connectivity index (χ1) is 11.7. The van der Waals surface area contributed by atoms with Gasteiger partial charge >= 0.3 is 0 Å². The fourth-order valence-corrected chi connectivity index (χ4v) is 3.91. The number of rotatable bonds is 5. The van der Waals surface area contributed by atoms with Crippen molar-refractivity contribution in [3.05, 3.63) is 0 Å². The number of hydrogen-bond donors (Lipinski definition) is 2. The molecule has 1 amide bonds. The highest BCUT2D eigenvalue weighted by molar-refractivity contribution is 14.0. The molecule has 0 radical (unpaired) electrons. The summed E-state index contributed by atoms with van der Waals surface area (Å²) in [6.45, 7) is 5.27. The first kappa shape index (κ1) is 20.7. The van der Waals surface area contributed by atoms with Gasteiger partial charge in [-0.2, -0.15) is 0 Å². The molecule has 6 nitrogen and oxygen atoms in total. The quantitative estimate of drug-likeness (QED) is 0.370. The van der Waals surface area contributed by atoms with E-state index in [1.165, 1.54) is 19.3 Å². The number of halogens is 1. The van der Waals surface area contributed by atoms with Gasteiger partial charge in [-0.05, 0) is 38.5 Å². The van der Waals surface area contributed by atoms with Gasteiger partial charge in [0.2, 0.25) is 5.91 Å². The van der Waals surface area contributed by atoms with E-state index in [0.717, 1.165) is 51.3 Å². The molecule has 3 rings (SSSR count). The molecular formula is C18H33IN4O2. The lowest BCUT2D eigenvalue weighted by Crippen LogP contribution is -2.55. The number of nitrogens with zero attached hydrogens (tertiary/aromatic N) is 3. The summed E-state index contributed by atoms with van der Waals surface area (Å²) in [5.74, 6) is 1.37. The van der Waals surface area contributed by atoms with E-state index >= 15 is 0 Å². The molecule has 7 heteroatoms. The molecule has 1 aliphatic heterocycles. The molecule has 2 saturated carbocycles. The molecule has 2 aliphatic carbocycles. The SMILES string of the molecule is CCNC(=NCC(O)C1CCCCC1)N1CCN(C2CC2)C(=O)C1.I. The highest BCUT2D eigenvalue weighted by Crippen LogP contribution is 2.28. The number of guanidine groups is 1. The Morgan fingerprint density at radius 2 is 1.96 bits per heavy atom. The maximum Gasteiger partial charge on any atom is 0.242 e. The minimum atomic E-state index is -0.359. The van der Waals surface area contributed by atoms with E-state index in [0.29, 0.717) is 25.0 Å². The fourth-order valence-electron chi connectivity index (χ4n) is 3.91. The van der Waals surface area contributed by atoms with E-state index in [-0.39, 0.29) is 36.0 Å². The molecule has 1 heterocycles. The minimum Gasteiger partial charge on any atom is -0.391 e. The molecule has 3 aliphatic rings. The number of nitrogens with one attached hydrogen (secondary N) is 1. The van der Waals surface area contributed by atoms with Crippen molar-refractivity contribution >= 4 is 35.8 Å². The largest absolute Gasteiger partial charge is 0.391 e. The van der Waals surface area contributed by atoms with E-state index < -0.39 is 0 Å². The second-order valence-electron chi connectivity index (χ2n) is 7.40. The van der Waals surface area contributed by atoms with Gasteiger partial charge in [0.1, 0.15) is 0 Å². The molecule has 0 aromatic heterocycles. The van der Waals surface area contributed by atoms with Crippen molar-refractivity contribution in [1.82, 2.24) is 15.1 Å². The normalized spacial score (nSPS) is 24.1. The first-order valence-electron chi connectivity index (χ1n) is 9.70. The Morgan fingerprint density at radius 1 is 1.24 bits per heavy atom. The van der Waals surface area contributed by atoms with Crippen LogP contribution in [0.15, 0.2) is 4.99 Å². The van der Waals surface area contributed by atoms with Crippen LogP contribution in [0.25, 0.3) is 0 Å². The Labute approximate surface area is 168 Å². The fraction of sp³-hybridized carbons (Fsp3) is 0.889. The van der Waals surface area contributed by atoms with Crippen LogP contribution in [0.4, 0.5) is 0 Å². The van der Waals surface area contributed by atoms with E-state index in [9.17, 15) is 9.90 Å². The highest BCUT2D eigenvalue weighted by atomic mass is 127. The van der Waals surface area contributed by atoms with Crippen molar-refractivity contribution in [3.63, 3.8) is 0 Å². The molecule has 1 atom stereocenters. The van der Waals surface area contributed by atoms with Crippen molar-refractivity contribution < 1.29 is 9.90 Å². The van der Waals surface area contributed by atoms with Crippen LogP contribution in [0.1, 0.15) is 51.9 Å². The number of aliphatic imine (C=N–C) groups is 1. The Balaban J connectivity index is 0.00000225. The predicted octanol–water partition coefficient (Wildman–Crippen LogP) is 1.82. The zero-order valence-corrected chi connectivity index (χ0v) is 17.7. The third-order valence-electron chi connectivity index (χ3n) is 5.50. The molecule has 1 unspecified atom stereocenters. The maximum absolute atomic E-state index is 12.3. The molecule has 0 aromatic carbocycles. The van der Waals surface area contributed by atoms with Crippen LogP contribution in [0, 0.1) is 5.92 Å². The summed E-state index contributed by atoms with van der Waals surface area (Å²) in [6.07, 6.45) is 7.94. The second kappa shape index (κ2) is 9.94. The van der Waals surface area contributed by atoms with Crippen LogP contribution in [-0.2, 0) is 4.79 Å². The van der Waals surface area contributed by atoms with Crippen molar-refractivity contribution in [2.75, 3.05) is 32.7 Å². The van der Waals surface area contributed by atoms with Crippen LogP contribution in [0.3, 0.4) is 0 Å². The van der Waals surface area contributed by atoms with Crippen LogP contribution in [0.5, 0.6) is 0 Å². The number of carbonyl (C=O) groups is 1. The van der Waals surface area contributed by atoms with Crippen LogP contribution < -0.4 is 5.32 Å².